The molecule has 0 saturated carbocycles. The summed E-state index contributed by atoms with van der Waals surface area (Å²) < 4.78 is 40.8. The molecule has 0 fully saturated rings. The van der Waals surface area contributed by atoms with Gasteiger partial charge < -0.3 is 9.47 Å². The van der Waals surface area contributed by atoms with E-state index in [1.165, 1.54) is 30.3 Å². The van der Waals surface area contributed by atoms with Gasteiger partial charge in [0.2, 0.25) is 0 Å². The minimum atomic E-state index is -3.15. The molecule has 0 saturated heterocycles. The summed E-state index contributed by atoms with van der Waals surface area (Å²) in [7, 11) is 0. The summed E-state index contributed by atoms with van der Waals surface area (Å²) in [6.45, 7) is 8.46. The predicted octanol–water partition coefficient (Wildman–Crippen LogP) is 6.01. The molecule has 3 nitrogen and oxygen atoms in total. The molecular weight excluding hydrogens is 418 g/mol. The van der Waals surface area contributed by atoms with Gasteiger partial charge in [0.1, 0.15) is 5.75 Å². The summed E-state index contributed by atoms with van der Waals surface area (Å²) in [4.78, 5) is 12.1. The Morgan fingerprint density at radius 1 is 1.04 bits per heavy atom. The maximum atomic E-state index is 14.8. The Morgan fingerprint density at radius 2 is 1.59 bits per heavy atom. The van der Waals surface area contributed by atoms with E-state index in [0.717, 1.165) is 5.56 Å². The minimum absolute atomic E-state index is 0.0884. The van der Waals surface area contributed by atoms with Crippen molar-refractivity contribution >= 4 is 21.9 Å². The maximum Gasteiger partial charge on any atom is 0.350 e. The highest BCUT2D eigenvalue weighted by Crippen LogP contribution is 2.39. The van der Waals surface area contributed by atoms with Crippen molar-refractivity contribution in [1.29, 1.82) is 0 Å². The van der Waals surface area contributed by atoms with Gasteiger partial charge in [0.05, 0.1) is 10.6 Å². The zero-order valence-electron chi connectivity index (χ0n) is 16.0. The molecule has 146 valence electrons. The molecule has 0 spiro atoms. The molecule has 0 amide bonds. The van der Waals surface area contributed by atoms with Crippen molar-refractivity contribution in [3.8, 4) is 5.75 Å². The molecule has 6 heteroatoms. The quantitative estimate of drug-likeness (QED) is 0.516. The van der Waals surface area contributed by atoms with E-state index >= 15 is 0 Å². The Morgan fingerprint density at radius 3 is 2.11 bits per heavy atom. The maximum absolute atomic E-state index is 14.8. The number of ether oxygens (including phenoxy) is 2. The van der Waals surface area contributed by atoms with Crippen LogP contribution in [0.2, 0.25) is 0 Å². The molecule has 0 heterocycles. The lowest BCUT2D eigenvalue weighted by Crippen LogP contribution is -2.41. The van der Waals surface area contributed by atoms with Crippen LogP contribution < -0.4 is 4.74 Å². The first kappa shape index (κ1) is 21.4. The molecule has 0 N–H and O–H groups in total. The van der Waals surface area contributed by atoms with Gasteiger partial charge >= 0.3 is 5.97 Å². The van der Waals surface area contributed by atoms with E-state index in [9.17, 15) is 13.6 Å². The smallest absolute Gasteiger partial charge is 0.350 e. The number of benzene rings is 2. The monoisotopic (exact) mass is 440 g/mol. The fourth-order valence-corrected chi connectivity index (χ4v) is 2.84. The molecule has 0 atom stereocenters. The number of hydrogen-bond acceptors (Lipinski definition) is 3. The molecule has 0 radical (unpaired) electrons. The van der Waals surface area contributed by atoms with Crippen LogP contribution in [0.15, 0.2) is 46.9 Å². The van der Waals surface area contributed by atoms with Crippen LogP contribution in [0.1, 0.15) is 44.4 Å². The lowest BCUT2D eigenvalue weighted by atomic mass is 9.99. The van der Waals surface area contributed by atoms with E-state index in [2.05, 4.69) is 15.9 Å². The van der Waals surface area contributed by atoms with Crippen LogP contribution in [-0.4, -0.2) is 17.7 Å². The molecule has 0 aliphatic carbocycles. The first-order valence-corrected chi connectivity index (χ1v) is 9.38. The number of hydrogen-bond donors (Lipinski definition) is 0. The second-order valence-corrected chi connectivity index (χ2v) is 8.01. The molecule has 27 heavy (non-hydrogen) atoms. The number of alkyl halides is 2. The molecule has 0 unspecified atom stereocenters. The fourth-order valence-electron chi connectivity index (χ4n) is 2.38. The summed E-state index contributed by atoms with van der Waals surface area (Å²) >= 11 is 3.27. The molecule has 0 aliphatic heterocycles. The highest BCUT2D eigenvalue weighted by atomic mass is 79.9. The summed E-state index contributed by atoms with van der Waals surface area (Å²) in [6, 6.07) is 10.2. The van der Waals surface area contributed by atoms with E-state index in [-0.39, 0.29) is 23.0 Å². The van der Waals surface area contributed by atoms with Gasteiger partial charge in [-0.2, -0.15) is 8.78 Å². The zero-order chi connectivity index (χ0) is 20.4. The fraction of sp³-hybridized carbons (Fsp3) is 0.381. The Labute approximate surface area is 166 Å². The number of rotatable bonds is 6. The Hall–Kier alpha value is -1.95. The third-order valence-electron chi connectivity index (χ3n) is 3.91. The van der Waals surface area contributed by atoms with Gasteiger partial charge in [0.25, 0.3) is 5.92 Å². The molecule has 0 bridgehead atoms. The molecule has 0 aliphatic rings. The summed E-state index contributed by atoms with van der Waals surface area (Å²) in [5, 5.41) is 0. The highest BCUT2D eigenvalue weighted by Gasteiger charge is 2.36. The van der Waals surface area contributed by atoms with Crippen LogP contribution in [0, 0.1) is 6.92 Å². The van der Waals surface area contributed by atoms with Crippen LogP contribution in [-0.2, 0) is 15.5 Å². The van der Waals surface area contributed by atoms with Crippen molar-refractivity contribution in [3.05, 3.63) is 63.6 Å². The molecule has 2 aromatic rings. The number of carbonyl (C=O) groups excluding carboxylic acids is 1. The van der Waals surface area contributed by atoms with Gasteiger partial charge in [0.15, 0.2) is 5.60 Å². The summed E-state index contributed by atoms with van der Waals surface area (Å²) in [6.07, 6.45) is -0.278. The molecule has 2 aromatic carbocycles. The summed E-state index contributed by atoms with van der Waals surface area (Å²) in [5.74, 6) is -3.40. The van der Waals surface area contributed by atoms with Gasteiger partial charge in [-0.3, -0.25) is 0 Å². The second-order valence-electron chi connectivity index (χ2n) is 7.15. The molecule has 2 rings (SSSR count). The van der Waals surface area contributed by atoms with Crippen LogP contribution >= 0.6 is 15.9 Å². The molecular formula is C21H23BrF2O3. The topological polar surface area (TPSA) is 35.5 Å². The Bertz CT molecular complexity index is 815. The number of aryl methyl sites for hydroxylation is 1. The SMILES string of the molecule is Cc1ccc(C(F)(F)c2ccc(OC(C)(C)C(=O)OC(C)C)c(Br)c2)cc1. The van der Waals surface area contributed by atoms with Crippen molar-refractivity contribution in [2.24, 2.45) is 0 Å². The largest absolute Gasteiger partial charge is 0.475 e. The molecule has 0 aromatic heterocycles. The third-order valence-corrected chi connectivity index (χ3v) is 4.53. The Balaban J connectivity index is 2.27. The highest BCUT2D eigenvalue weighted by molar-refractivity contribution is 9.10. The second kappa shape index (κ2) is 7.97. The van der Waals surface area contributed by atoms with Crippen molar-refractivity contribution in [2.45, 2.75) is 52.2 Å². The van der Waals surface area contributed by atoms with Gasteiger partial charge in [-0.25, -0.2) is 4.79 Å². The third kappa shape index (κ3) is 5.06. The van der Waals surface area contributed by atoms with Crippen LogP contribution in [0.3, 0.4) is 0 Å². The van der Waals surface area contributed by atoms with E-state index in [1.54, 1.807) is 39.8 Å². The summed E-state index contributed by atoms with van der Waals surface area (Å²) in [5.41, 5.74) is -0.606. The zero-order valence-corrected chi connectivity index (χ0v) is 17.6. The average molecular weight is 441 g/mol. The van der Waals surface area contributed by atoms with Crippen LogP contribution in [0.4, 0.5) is 8.78 Å². The first-order chi connectivity index (χ1) is 12.4. The Kier molecular flexibility index (Phi) is 6.30. The minimum Gasteiger partial charge on any atom is -0.475 e. The van der Waals surface area contributed by atoms with E-state index in [1.807, 2.05) is 6.92 Å². The van der Waals surface area contributed by atoms with Crippen molar-refractivity contribution in [2.75, 3.05) is 0 Å². The van der Waals surface area contributed by atoms with Crippen LogP contribution in [0.25, 0.3) is 0 Å². The first-order valence-electron chi connectivity index (χ1n) is 8.58. The van der Waals surface area contributed by atoms with Gasteiger partial charge in [-0.15, -0.1) is 0 Å². The number of esters is 1. The van der Waals surface area contributed by atoms with Gasteiger partial charge in [0, 0.05) is 11.1 Å². The number of carbonyl (C=O) groups is 1. The van der Waals surface area contributed by atoms with Crippen molar-refractivity contribution < 1.29 is 23.0 Å². The van der Waals surface area contributed by atoms with Gasteiger partial charge in [-0.1, -0.05) is 29.8 Å². The van der Waals surface area contributed by atoms with E-state index < -0.39 is 17.5 Å². The predicted molar refractivity (Wildman–Crippen MR) is 104 cm³/mol. The lowest BCUT2D eigenvalue weighted by Gasteiger charge is -2.26. The van der Waals surface area contributed by atoms with Crippen LogP contribution in [0.5, 0.6) is 5.75 Å². The van der Waals surface area contributed by atoms with E-state index in [4.69, 9.17) is 9.47 Å². The average Bonchev–Trinajstić information content (AvgIpc) is 2.56. The lowest BCUT2D eigenvalue weighted by molar-refractivity contribution is -0.163. The normalized spacial score (nSPS) is 12.2. The standard InChI is InChI=1S/C21H23BrF2O3/c1-13(2)26-19(25)20(4,5)27-18-11-10-16(12-17(18)22)21(23,24)15-8-6-14(3)7-9-15/h6-13H,1-5H3. The van der Waals surface area contributed by atoms with Crippen molar-refractivity contribution in [1.82, 2.24) is 0 Å². The van der Waals surface area contributed by atoms with Crippen molar-refractivity contribution in [3.63, 3.8) is 0 Å². The van der Waals surface area contributed by atoms with Gasteiger partial charge in [-0.05, 0) is 68.7 Å². The van der Waals surface area contributed by atoms with E-state index in [0.29, 0.717) is 4.47 Å². The number of halogens is 3.